The summed E-state index contributed by atoms with van der Waals surface area (Å²) in [6.45, 7) is 1.65. The fraction of sp³-hybridized carbons (Fsp3) is 0.211. The van der Waals surface area contributed by atoms with Gasteiger partial charge in [-0.25, -0.2) is 4.79 Å². The molecule has 1 aliphatic heterocycles. The molecule has 1 amide bonds. The van der Waals surface area contributed by atoms with Crippen LogP contribution in [-0.2, 0) is 9.59 Å². The number of benzene rings is 1. The maximum Gasteiger partial charge on any atom is 0.326 e. The van der Waals surface area contributed by atoms with Crippen molar-refractivity contribution in [2.45, 2.75) is 19.4 Å². The van der Waals surface area contributed by atoms with Crippen LogP contribution in [0.3, 0.4) is 0 Å². The van der Waals surface area contributed by atoms with Crippen molar-refractivity contribution < 1.29 is 28.8 Å². The van der Waals surface area contributed by atoms with Crippen molar-refractivity contribution in [1.29, 1.82) is 0 Å². The number of aliphatic carboxylic acids is 1. The minimum atomic E-state index is -1.14. The van der Waals surface area contributed by atoms with Crippen LogP contribution in [0.4, 0.5) is 5.69 Å². The number of hydrogen-bond donors (Lipinski definition) is 1. The van der Waals surface area contributed by atoms with Gasteiger partial charge in [-0.2, -0.15) is 0 Å². The smallest absolute Gasteiger partial charge is 0.326 e. The third-order valence-corrected chi connectivity index (χ3v) is 5.70. The number of nitro groups is 1. The molecule has 2 heterocycles. The highest BCUT2D eigenvalue weighted by Crippen LogP contribution is 2.37. The molecule has 0 saturated carbocycles. The van der Waals surface area contributed by atoms with Crippen LogP contribution in [0.1, 0.15) is 19.1 Å². The van der Waals surface area contributed by atoms with Gasteiger partial charge in [-0.15, -0.1) is 0 Å². The van der Waals surface area contributed by atoms with Crippen LogP contribution in [0.25, 0.3) is 17.4 Å². The average molecular weight is 448 g/mol. The summed E-state index contributed by atoms with van der Waals surface area (Å²) in [5, 5.41) is 20.7. The van der Waals surface area contributed by atoms with Crippen molar-refractivity contribution in [3.8, 4) is 17.1 Å². The normalized spacial score (nSPS) is 16.2. The predicted octanol–water partition coefficient (Wildman–Crippen LogP) is 3.93. The molecule has 1 N–H and O–H groups in total. The van der Waals surface area contributed by atoms with Gasteiger partial charge in [0.25, 0.3) is 11.6 Å². The van der Waals surface area contributed by atoms with Gasteiger partial charge in [-0.1, -0.05) is 30.9 Å². The SMILES string of the molecule is CC[C@H](C(=O)O)N1C(=O)/C(=C\c2ccc(-c3ccc(OC)cc3[N+](=O)[O-])o2)SC1=S. The van der Waals surface area contributed by atoms with Crippen LogP contribution in [-0.4, -0.2) is 44.3 Å². The molecule has 1 aliphatic rings. The molecule has 0 radical (unpaired) electrons. The molecular formula is C19H16N2O7S2. The van der Waals surface area contributed by atoms with E-state index in [1.165, 1.54) is 25.3 Å². The first-order valence-electron chi connectivity index (χ1n) is 8.69. The quantitative estimate of drug-likeness (QED) is 0.290. The highest BCUT2D eigenvalue weighted by molar-refractivity contribution is 8.26. The Morgan fingerprint density at radius 1 is 1.43 bits per heavy atom. The van der Waals surface area contributed by atoms with Crippen molar-refractivity contribution in [1.82, 2.24) is 4.90 Å². The van der Waals surface area contributed by atoms with E-state index in [9.17, 15) is 24.8 Å². The molecule has 30 heavy (non-hydrogen) atoms. The number of ether oxygens (including phenoxy) is 1. The largest absolute Gasteiger partial charge is 0.497 e. The molecule has 0 spiro atoms. The van der Waals surface area contributed by atoms with Gasteiger partial charge in [0.15, 0.2) is 0 Å². The zero-order valence-electron chi connectivity index (χ0n) is 15.9. The molecule has 1 saturated heterocycles. The molecule has 0 aliphatic carbocycles. The summed E-state index contributed by atoms with van der Waals surface area (Å²) in [6, 6.07) is 6.44. The maximum absolute atomic E-state index is 12.7. The Hall–Kier alpha value is -3.18. The molecule has 9 nitrogen and oxygen atoms in total. The van der Waals surface area contributed by atoms with Crippen LogP contribution in [0, 0.1) is 10.1 Å². The molecule has 1 atom stereocenters. The van der Waals surface area contributed by atoms with Gasteiger partial charge in [0.1, 0.15) is 27.6 Å². The Labute approximate surface area is 180 Å². The lowest BCUT2D eigenvalue weighted by Crippen LogP contribution is -2.43. The minimum absolute atomic E-state index is 0.151. The Bertz CT molecular complexity index is 1080. The van der Waals surface area contributed by atoms with E-state index >= 15 is 0 Å². The molecule has 1 aromatic heterocycles. The average Bonchev–Trinajstić information content (AvgIpc) is 3.28. The van der Waals surface area contributed by atoms with Gasteiger partial charge in [0, 0.05) is 6.08 Å². The highest BCUT2D eigenvalue weighted by atomic mass is 32.2. The van der Waals surface area contributed by atoms with E-state index in [0.717, 1.165) is 16.7 Å². The van der Waals surface area contributed by atoms with E-state index in [1.807, 2.05) is 0 Å². The molecule has 1 fully saturated rings. The van der Waals surface area contributed by atoms with E-state index in [2.05, 4.69) is 0 Å². The van der Waals surface area contributed by atoms with Crippen molar-refractivity contribution in [3.05, 3.63) is 51.1 Å². The molecule has 11 heteroatoms. The number of amides is 1. The van der Waals surface area contributed by atoms with E-state index in [1.54, 1.807) is 25.1 Å². The highest BCUT2D eigenvalue weighted by Gasteiger charge is 2.39. The first-order valence-corrected chi connectivity index (χ1v) is 9.91. The number of carbonyl (C=O) groups is 2. The number of carbonyl (C=O) groups excluding carboxylic acids is 1. The standard InChI is InChI=1S/C19H16N2O7S2/c1-3-13(18(23)24)20-17(22)16(30-19(20)29)9-11-5-7-15(28-11)12-6-4-10(27-2)8-14(12)21(25)26/h4-9,13H,3H2,1-2H3,(H,23,24)/b16-9+/t13-/m1/s1. The van der Waals surface area contributed by atoms with E-state index in [4.69, 9.17) is 21.4 Å². The van der Waals surface area contributed by atoms with Crippen LogP contribution in [0.2, 0.25) is 0 Å². The number of nitro benzene ring substituents is 1. The van der Waals surface area contributed by atoms with Crippen LogP contribution >= 0.6 is 24.0 Å². The van der Waals surface area contributed by atoms with Crippen molar-refractivity contribution in [2.75, 3.05) is 7.11 Å². The van der Waals surface area contributed by atoms with Gasteiger partial charge >= 0.3 is 5.97 Å². The van der Waals surface area contributed by atoms with Crippen LogP contribution in [0.15, 0.2) is 39.7 Å². The Morgan fingerprint density at radius 2 is 2.17 bits per heavy atom. The zero-order valence-corrected chi connectivity index (χ0v) is 17.5. The van der Waals surface area contributed by atoms with E-state index in [0.29, 0.717) is 5.75 Å². The van der Waals surface area contributed by atoms with Crippen LogP contribution in [0.5, 0.6) is 5.75 Å². The number of nitrogens with zero attached hydrogens (tertiary/aromatic N) is 2. The summed E-state index contributed by atoms with van der Waals surface area (Å²) >= 11 is 6.15. The van der Waals surface area contributed by atoms with Gasteiger partial charge in [-0.3, -0.25) is 19.8 Å². The molecular weight excluding hydrogens is 432 g/mol. The zero-order chi connectivity index (χ0) is 22.0. The number of hydrogen-bond acceptors (Lipinski definition) is 8. The summed E-state index contributed by atoms with van der Waals surface area (Å²) < 4.78 is 10.9. The summed E-state index contributed by atoms with van der Waals surface area (Å²) in [7, 11) is 1.41. The fourth-order valence-corrected chi connectivity index (χ4v) is 4.26. The molecule has 0 unspecified atom stereocenters. The Morgan fingerprint density at radius 3 is 2.77 bits per heavy atom. The fourth-order valence-electron chi connectivity index (χ4n) is 2.92. The Kier molecular flexibility index (Phi) is 6.22. The number of carboxylic acid groups (broad SMARTS) is 1. The second-order valence-electron chi connectivity index (χ2n) is 6.16. The maximum atomic E-state index is 12.7. The van der Waals surface area contributed by atoms with Crippen molar-refractivity contribution >= 4 is 51.9 Å². The lowest BCUT2D eigenvalue weighted by molar-refractivity contribution is -0.384. The van der Waals surface area contributed by atoms with Gasteiger partial charge in [0.05, 0.1) is 28.6 Å². The van der Waals surface area contributed by atoms with Gasteiger partial charge < -0.3 is 14.3 Å². The molecule has 0 bridgehead atoms. The first kappa shape index (κ1) is 21.5. The molecule has 3 rings (SSSR count). The molecule has 1 aromatic carbocycles. The van der Waals surface area contributed by atoms with Crippen molar-refractivity contribution in [2.24, 2.45) is 0 Å². The second kappa shape index (κ2) is 8.67. The van der Waals surface area contributed by atoms with E-state index < -0.39 is 22.8 Å². The molecule has 2 aromatic rings. The predicted molar refractivity (Wildman–Crippen MR) is 114 cm³/mol. The van der Waals surface area contributed by atoms with Crippen LogP contribution < -0.4 is 4.74 Å². The summed E-state index contributed by atoms with van der Waals surface area (Å²) in [5.41, 5.74) is 0.0683. The lowest BCUT2D eigenvalue weighted by atomic mass is 10.1. The summed E-state index contributed by atoms with van der Waals surface area (Å²) in [5.74, 6) is -0.804. The number of rotatable bonds is 7. The summed E-state index contributed by atoms with van der Waals surface area (Å²) in [6.07, 6.45) is 1.65. The first-order chi connectivity index (χ1) is 14.3. The van der Waals surface area contributed by atoms with E-state index in [-0.39, 0.29) is 38.4 Å². The second-order valence-corrected chi connectivity index (χ2v) is 7.83. The monoisotopic (exact) mass is 448 g/mol. The lowest BCUT2D eigenvalue weighted by Gasteiger charge is -2.21. The van der Waals surface area contributed by atoms with Crippen molar-refractivity contribution in [3.63, 3.8) is 0 Å². The van der Waals surface area contributed by atoms with Gasteiger partial charge in [-0.05, 0) is 30.7 Å². The topological polar surface area (TPSA) is 123 Å². The number of thioether (sulfide) groups is 1. The number of carboxylic acids is 1. The van der Waals surface area contributed by atoms with Gasteiger partial charge in [0.2, 0.25) is 0 Å². The number of methoxy groups -OCH3 is 1. The third-order valence-electron chi connectivity index (χ3n) is 4.37. The number of furan rings is 1. The Balaban J connectivity index is 1.92. The molecule has 156 valence electrons. The third kappa shape index (κ3) is 4.07. The summed E-state index contributed by atoms with van der Waals surface area (Å²) in [4.78, 5) is 36.2. The number of thiocarbonyl (C=S) groups is 1. The minimum Gasteiger partial charge on any atom is -0.497 e.